The molecular formula is C11H15NO2. The van der Waals surface area contributed by atoms with Crippen molar-refractivity contribution in [1.29, 1.82) is 0 Å². The largest absolute Gasteiger partial charge is 0.481 e. The number of carboxylic acid groups (broad SMARTS) is 1. The van der Waals surface area contributed by atoms with Crippen LogP contribution in [0.5, 0.6) is 0 Å². The first kappa shape index (κ1) is 10.7. The van der Waals surface area contributed by atoms with Gasteiger partial charge in [-0.25, -0.2) is 0 Å². The highest BCUT2D eigenvalue weighted by atomic mass is 16.4. The Labute approximate surface area is 83.6 Å². The molecule has 3 N–H and O–H groups in total. The molecule has 0 spiro atoms. The van der Waals surface area contributed by atoms with Crippen molar-refractivity contribution in [2.45, 2.75) is 25.3 Å². The van der Waals surface area contributed by atoms with Gasteiger partial charge in [-0.1, -0.05) is 30.3 Å². The minimum absolute atomic E-state index is 0.0484. The third-order valence-electron chi connectivity index (χ3n) is 2.08. The van der Waals surface area contributed by atoms with Crippen LogP contribution in [0.2, 0.25) is 0 Å². The highest BCUT2D eigenvalue weighted by Crippen LogP contribution is 2.05. The van der Waals surface area contributed by atoms with Crippen LogP contribution in [0.4, 0.5) is 0 Å². The second-order valence-corrected chi connectivity index (χ2v) is 3.38. The average molecular weight is 193 g/mol. The summed E-state index contributed by atoms with van der Waals surface area (Å²) < 4.78 is 0. The van der Waals surface area contributed by atoms with Gasteiger partial charge in [-0.2, -0.15) is 0 Å². The number of rotatable bonds is 5. The van der Waals surface area contributed by atoms with Gasteiger partial charge >= 0.3 is 5.97 Å². The SMILES string of the molecule is N[C@@H](CCc1ccccc1)CC(=O)O. The molecule has 3 nitrogen and oxygen atoms in total. The molecule has 1 aromatic carbocycles. The summed E-state index contributed by atoms with van der Waals surface area (Å²) in [6.07, 6.45) is 1.61. The van der Waals surface area contributed by atoms with Crippen molar-refractivity contribution < 1.29 is 9.90 Å². The molecule has 0 saturated carbocycles. The van der Waals surface area contributed by atoms with Gasteiger partial charge in [0.1, 0.15) is 0 Å². The van der Waals surface area contributed by atoms with Gasteiger partial charge in [-0.3, -0.25) is 4.79 Å². The van der Waals surface area contributed by atoms with Crippen LogP contribution in [0.3, 0.4) is 0 Å². The first-order valence-corrected chi connectivity index (χ1v) is 4.70. The molecule has 0 amide bonds. The molecule has 0 aliphatic heterocycles. The van der Waals surface area contributed by atoms with Gasteiger partial charge in [0.05, 0.1) is 6.42 Å². The molecule has 0 radical (unpaired) electrons. The van der Waals surface area contributed by atoms with Crippen molar-refractivity contribution in [3.8, 4) is 0 Å². The molecule has 1 aromatic rings. The molecule has 1 rings (SSSR count). The van der Waals surface area contributed by atoms with Gasteiger partial charge < -0.3 is 10.8 Å². The first-order chi connectivity index (χ1) is 6.68. The monoisotopic (exact) mass is 193 g/mol. The van der Waals surface area contributed by atoms with Gasteiger partial charge in [0.25, 0.3) is 0 Å². The van der Waals surface area contributed by atoms with Crippen LogP contribution in [-0.2, 0) is 11.2 Å². The Morgan fingerprint density at radius 3 is 2.57 bits per heavy atom. The lowest BCUT2D eigenvalue weighted by molar-refractivity contribution is -0.137. The smallest absolute Gasteiger partial charge is 0.304 e. The zero-order valence-corrected chi connectivity index (χ0v) is 8.02. The summed E-state index contributed by atoms with van der Waals surface area (Å²) in [7, 11) is 0. The number of aliphatic carboxylic acids is 1. The first-order valence-electron chi connectivity index (χ1n) is 4.70. The van der Waals surface area contributed by atoms with Gasteiger partial charge in [-0.05, 0) is 18.4 Å². The van der Waals surface area contributed by atoms with Crippen molar-refractivity contribution in [2.75, 3.05) is 0 Å². The van der Waals surface area contributed by atoms with E-state index in [1.165, 1.54) is 5.56 Å². The molecule has 0 aromatic heterocycles. The Kier molecular flexibility index (Phi) is 4.13. The van der Waals surface area contributed by atoms with Gasteiger partial charge in [0, 0.05) is 6.04 Å². The summed E-state index contributed by atoms with van der Waals surface area (Å²) in [5.74, 6) is -0.828. The number of carbonyl (C=O) groups is 1. The van der Waals surface area contributed by atoms with Crippen LogP contribution in [0.25, 0.3) is 0 Å². The van der Waals surface area contributed by atoms with E-state index in [0.717, 1.165) is 12.8 Å². The molecular weight excluding hydrogens is 178 g/mol. The fraction of sp³-hybridized carbons (Fsp3) is 0.364. The molecule has 0 bridgehead atoms. The maximum Gasteiger partial charge on any atom is 0.304 e. The highest BCUT2D eigenvalue weighted by Gasteiger charge is 2.07. The minimum Gasteiger partial charge on any atom is -0.481 e. The zero-order valence-electron chi connectivity index (χ0n) is 8.02. The lowest BCUT2D eigenvalue weighted by Crippen LogP contribution is -2.24. The van der Waals surface area contributed by atoms with Crippen LogP contribution in [0, 0.1) is 0 Å². The number of benzene rings is 1. The van der Waals surface area contributed by atoms with E-state index in [9.17, 15) is 4.79 Å². The van der Waals surface area contributed by atoms with Gasteiger partial charge in [-0.15, -0.1) is 0 Å². The van der Waals surface area contributed by atoms with Crippen LogP contribution in [-0.4, -0.2) is 17.1 Å². The average Bonchev–Trinajstić information content (AvgIpc) is 2.15. The van der Waals surface area contributed by atoms with Crippen LogP contribution in [0.1, 0.15) is 18.4 Å². The van der Waals surface area contributed by atoms with Crippen LogP contribution in [0.15, 0.2) is 30.3 Å². The second kappa shape index (κ2) is 5.40. The summed E-state index contributed by atoms with van der Waals surface area (Å²) in [4.78, 5) is 10.3. The number of aryl methyl sites for hydroxylation is 1. The molecule has 0 fully saturated rings. The van der Waals surface area contributed by atoms with E-state index in [-0.39, 0.29) is 12.5 Å². The second-order valence-electron chi connectivity index (χ2n) is 3.38. The summed E-state index contributed by atoms with van der Waals surface area (Å²) in [5, 5.41) is 8.50. The van der Waals surface area contributed by atoms with E-state index in [4.69, 9.17) is 10.8 Å². The van der Waals surface area contributed by atoms with Gasteiger partial charge in [0.2, 0.25) is 0 Å². The number of nitrogens with two attached hydrogens (primary N) is 1. The summed E-state index contributed by atoms with van der Waals surface area (Å²) in [6.45, 7) is 0. The normalized spacial score (nSPS) is 12.4. The topological polar surface area (TPSA) is 63.3 Å². The van der Waals surface area contributed by atoms with Crippen molar-refractivity contribution >= 4 is 5.97 Å². The summed E-state index contributed by atoms with van der Waals surface area (Å²) >= 11 is 0. The maximum absolute atomic E-state index is 10.3. The van der Waals surface area contributed by atoms with Crippen molar-refractivity contribution in [3.63, 3.8) is 0 Å². The Morgan fingerprint density at radius 1 is 1.36 bits per heavy atom. The maximum atomic E-state index is 10.3. The molecule has 0 saturated heterocycles. The lowest BCUT2D eigenvalue weighted by atomic mass is 10.0. The minimum atomic E-state index is -0.828. The summed E-state index contributed by atoms with van der Waals surface area (Å²) in [6, 6.07) is 9.70. The zero-order chi connectivity index (χ0) is 10.4. The van der Waals surface area contributed by atoms with Gasteiger partial charge in [0.15, 0.2) is 0 Å². The molecule has 76 valence electrons. The predicted molar refractivity (Wildman–Crippen MR) is 55.0 cm³/mol. The van der Waals surface area contributed by atoms with E-state index >= 15 is 0 Å². The molecule has 1 atom stereocenters. The van der Waals surface area contributed by atoms with Crippen molar-refractivity contribution in [3.05, 3.63) is 35.9 Å². The Bertz CT molecular complexity index is 285. The fourth-order valence-electron chi connectivity index (χ4n) is 1.32. The van der Waals surface area contributed by atoms with Crippen molar-refractivity contribution in [1.82, 2.24) is 0 Å². The standard InChI is InChI=1S/C11H15NO2/c12-10(8-11(13)14)7-6-9-4-2-1-3-5-9/h1-5,10H,6-8,12H2,(H,13,14)/t10-/m0/s1. The van der Waals surface area contributed by atoms with E-state index < -0.39 is 5.97 Å². The lowest BCUT2D eigenvalue weighted by Gasteiger charge is -2.08. The molecule has 0 aliphatic carbocycles. The number of hydrogen-bond donors (Lipinski definition) is 2. The van der Waals surface area contributed by atoms with Crippen LogP contribution < -0.4 is 5.73 Å². The Morgan fingerprint density at radius 2 is 2.00 bits per heavy atom. The highest BCUT2D eigenvalue weighted by molar-refractivity contribution is 5.67. The molecule has 0 aliphatic rings. The number of carboxylic acids is 1. The summed E-state index contributed by atoms with van der Waals surface area (Å²) in [5.41, 5.74) is 6.84. The predicted octanol–water partition coefficient (Wildman–Crippen LogP) is 1.42. The Hall–Kier alpha value is -1.35. The molecule has 0 unspecified atom stereocenters. The number of hydrogen-bond acceptors (Lipinski definition) is 2. The molecule has 0 heterocycles. The fourth-order valence-corrected chi connectivity index (χ4v) is 1.32. The molecule has 14 heavy (non-hydrogen) atoms. The van der Waals surface area contributed by atoms with Crippen LogP contribution >= 0.6 is 0 Å². The third kappa shape index (κ3) is 4.05. The molecule has 3 heteroatoms. The third-order valence-corrected chi connectivity index (χ3v) is 2.08. The van der Waals surface area contributed by atoms with Crippen molar-refractivity contribution in [2.24, 2.45) is 5.73 Å². The Balaban J connectivity index is 2.30. The van der Waals surface area contributed by atoms with E-state index in [2.05, 4.69) is 0 Å². The van der Waals surface area contributed by atoms with E-state index in [1.54, 1.807) is 0 Å². The quantitative estimate of drug-likeness (QED) is 0.743. The van der Waals surface area contributed by atoms with E-state index in [0.29, 0.717) is 0 Å². The van der Waals surface area contributed by atoms with E-state index in [1.807, 2.05) is 30.3 Å².